The van der Waals surface area contributed by atoms with E-state index in [1.165, 1.54) is 70.6 Å². The van der Waals surface area contributed by atoms with Crippen molar-refractivity contribution in [3.8, 4) is 0 Å². The number of carbonyl (C=O) groups is 2. The van der Waals surface area contributed by atoms with Gasteiger partial charge in [-0.1, -0.05) is 285 Å². The van der Waals surface area contributed by atoms with Crippen LogP contribution in [0.25, 0.3) is 0 Å². The summed E-state index contributed by atoms with van der Waals surface area (Å²) in [6.07, 6.45) is 107. The van der Waals surface area contributed by atoms with E-state index in [0.717, 1.165) is 135 Å². The SMILES string of the molecule is CC/C=C\C/C=C\C/C=C\C/C=C\C/C=C\C/C=C\C/C=C\C/C=C\CCCCCCCCCCCCCCCCC(=O)OC(COC(=O)CCCC/C=C\C/C=C\C/C=C\C/C=C\C/C=C\C/C=C\C/C=C\C/C=C\CC)COP(=O)([O-])OCC[N+](C)(C)C. The molecule has 506 valence electrons. The van der Waals surface area contributed by atoms with Crippen molar-refractivity contribution in [1.29, 1.82) is 0 Å². The molecule has 9 nitrogen and oxygen atoms in total. The monoisotopic (exact) mass is 1260 g/mol. The maximum Gasteiger partial charge on any atom is 0.306 e. The number of ether oxygens (including phenoxy) is 2. The molecule has 0 aromatic rings. The van der Waals surface area contributed by atoms with Crippen LogP contribution in [0.5, 0.6) is 0 Å². The standard InChI is InChI=1S/C80H128NO8P/c1-6-8-10-12-14-16-18-20-22-24-26-28-30-32-34-35-36-37-38-39-40-41-42-43-44-45-47-49-51-53-55-57-59-61-63-65-67-69-71-73-80(83)89-78(77-88-90(84,85)87-75-74-81(3,4)5)76-86-79(82)72-70-68-66-64-62-60-58-56-54-52-50-48-46-33-31-29-27-25-23-21-19-17-15-13-11-9-7-2/h8-11,14-17,20-23,26-29,32-34,36-37,39-40,42-43,46,50,52,56,58,62,64,78H,6-7,12-13,18-19,24-25,30-31,35,38,41,44-45,47-49,51,53-55,57,59-61,63,65-77H2,1-5H3/b10-8-,11-9-,16-14-,17-15-,22-20-,23-21-,28-26-,29-27-,34-32-,37-36-,40-39-,43-42-,46-33-,52-50-,58-56-,64-62-. The summed E-state index contributed by atoms with van der Waals surface area (Å²) in [7, 11) is 1.12. The predicted octanol–water partition coefficient (Wildman–Crippen LogP) is 22.6. The minimum atomic E-state index is -4.67. The van der Waals surface area contributed by atoms with Crippen LogP contribution in [-0.2, 0) is 32.7 Å². The van der Waals surface area contributed by atoms with Crippen molar-refractivity contribution in [1.82, 2.24) is 0 Å². The van der Waals surface area contributed by atoms with E-state index in [9.17, 15) is 19.0 Å². The average molecular weight is 1260 g/mol. The molecule has 0 heterocycles. The molecule has 0 rings (SSSR count). The number of phosphoric ester groups is 1. The van der Waals surface area contributed by atoms with Crippen molar-refractivity contribution >= 4 is 19.8 Å². The second kappa shape index (κ2) is 68.2. The van der Waals surface area contributed by atoms with Gasteiger partial charge >= 0.3 is 11.9 Å². The molecule has 0 aromatic heterocycles. The van der Waals surface area contributed by atoms with Crippen molar-refractivity contribution in [2.45, 2.75) is 251 Å². The summed E-state index contributed by atoms with van der Waals surface area (Å²) >= 11 is 0. The third-order valence-corrected chi connectivity index (χ3v) is 15.1. The molecule has 0 saturated heterocycles. The van der Waals surface area contributed by atoms with Crippen molar-refractivity contribution in [2.24, 2.45) is 0 Å². The highest BCUT2D eigenvalue weighted by molar-refractivity contribution is 7.45. The summed E-state index contributed by atoms with van der Waals surface area (Å²) in [5, 5.41) is 0. The quantitative estimate of drug-likeness (QED) is 0.0195. The summed E-state index contributed by atoms with van der Waals surface area (Å²) in [6.45, 7) is 3.94. The number of hydrogen-bond donors (Lipinski definition) is 0. The molecule has 90 heavy (non-hydrogen) atoms. The topological polar surface area (TPSA) is 111 Å². The van der Waals surface area contributed by atoms with Crippen LogP contribution in [0, 0.1) is 0 Å². The molecule has 0 amide bonds. The number of allylic oxidation sites excluding steroid dienone is 32. The Hall–Kier alpha value is -5.15. The number of unbranched alkanes of at least 4 members (excludes halogenated alkanes) is 16. The molecule has 0 aliphatic rings. The van der Waals surface area contributed by atoms with E-state index in [-0.39, 0.29) is 26.1 Å². The zero-order valence-corrected chi connectivity index (χ0v) is 58.4. The average Bonchev–Trinajstić information content (AvgIpc) is 3.58. The van der Waals surface area contributed by atoms with Crippen molar-refractivity contribution < 1.29 is 42.1 Å². The molecule has 0 saturated carbocycles. The fraction of sp³-hybridized carbons (Fsp3) is 0.575. The van der Waals surface area contributed by atoms with Gasteiger partial charge in [0.1, 0.15) is 19.8 Å². The van der Waals surface area contributed by atoms with E-state index < -0.39 is 32.5 Å². The molecule has 2 unspecified atom stereocenters. The van der Waals surface area contributed by atoms with Gasteiger partial charge in [0.05, 0.1) is 27.7 Å². The van der Waals surface area contributed by atoms with Gasteiger partial charge in [-0.05, 0) is 141 Å². The molecule has 0 aliphatic heterocycles. The highest BCUT2D eigenvalue weighted by Gasteiger charge is 2.22. The fourth-order valence-corrected chi connectivity index (χ4v) is 9.53. The second-order valence-electron chi connectivity index (χ2n) is 23.8. The molecule has 0 spiro atoms. The Morgan fingerprint density at radius 3 is 0.911 bits per heavy atom. The van der Waals surface area contributed by atoms with E-state index in [1.54, 1.807) is 0 Å². The van der Waals surface area contributed by atoms with Crippen LogP contribution in [0.1, 0.15) is 245 Å². The van der Waals surface area contributed by atoms with Gasteiger partial charge in [-0.15, -0.1) is 0 Å². The molecule has 0 radical (unpaired) electrons. The number of rotatable bonds is 62. The minimum absolute atomic E-state index is 0.0481. The Balaban J connectivity index is 4.16. The second-order valence-corrected chi connectivity index (χ2v) is 25.2. The van der Waals surface area contributed by atoms with Crippen LogP contribution < -0.4 is 4.89 Å². The first kappa shape index (κ1) is 84.8. The molecule has 0 bridgehead atoms. The largest absolute Gasteiger partial charge is 0.756 e. The first-order valence-corrected chi connectivity index (χ1v) is 36.6. The van der Waals surface area contributed by atoms with Crippen LogP contribution in [0.4, 0.5) is 0 Å². The van der Waals surface area contributed by atoms with Gasteiger partial charge in [-0.2, -0.15) is 0 Å². The lowest BCUT2D eigenvalue weighted by atomic mass is 10.0. The van der Waals surface area contributed by atoms with Gasteiger partial charge in [0.25, 0.3) is 7.82 Å². The summed E-state index contributed by atoms with van der Waals surface area (Å²) in [5.74, 6) is -0.897. The van der Waals surface area contributed by atoms with E-state index in [1.807, 2.05) is 21.1 Å². The van der Waals surface area contributed by atoms with Crippen molar-refractivity contribution in [2.75, 3.05) is 47.5 Å². The molecular formula is C80H128NO8P. The number of phosphoric acid groups is 1. The third kappa shape index (κ3) is 71.9. The lowest BCUT2D eigenvalue weighted by Crippen LogP contribution is -2.37. The van der Waals surface area contributed by atoms with E-state index in [2.05, 4.69) is 208 Å². The first-order valence-electron chi connectivity index (χ1n) is 35.1. The number of likely N-dealkylation sites (N-methyl/N-ethyl adjacent to an activating group) is 1. The van der Waals surface area contributed by atoms with E-state index in [4.69, 9.17) is 18.5 Å². The normalized spacial score (nSPS) is 14.3. The molecule has 0 aromatic carbocycles. The highest BCUT2D eigenvalue weighted by atomic mass is 31.2. The molecule has 2 atom stereocenters. The van der Waals surface area contributed by atoms with Gasteiger partial charge in [0.15, 0.2) is 6.10 Å². The fourth-order valence-electron chi connectivity index (χ4n) is 8.80. The number of esters is 2. The Kier molecular flexibility index (Phi) is 64.3. The van der Waals surface area contributed by atoms with Crippen molar-refractivity contribution in [3.63, 3.8) is 0 Å². The summed E-state index contributed by atoms with van der Waals surface area (Å²) in [5.41, 5.74) is 0. The number of carbonyl (C=O) groups excluding carboxylic acids is 2. The molecule has 10 heteroatoms. The van der Waals surface area contributed by atoms with Gasteiger partial charge in [-0.3, -0.25) is 14.2 Å². The van der Waals surface area contributed by atoms with Crippen LogP contribution >= 0.6 is 7.82 Å². The summed E-state index contributed by atoms with van der Waals surface area (Å²) in [6, 6.07) is 0. The van der Waals surface area contributed by atoms with Gasteiger partial charge in [0.2, 0.25) is 0 Å². The number of nitrogens with zero attached hydrogens (tertiary/aromatic N) is 1. The van der Waals surface area contributed by atoms with Crippen LogP contribution in [-0.4, -0.2) is 70.0 Å². The van der Waals surface area contributed by atoms with Gasteiger partial charge in [-0.25, -0.2) is 0 Å². The Labute approximate surface area is 552 Å². The zero-order chi connectivity index (χ0) is 65.5. The predicted molar refractivity (Wildman–Crippen MR) is 387 cm³/mol. The summed E-state index contributed by atoms with van der Waals surface area (Å²) in [4.78, 5) is 38.0. The van der Waals surface area contributed by atoms with E-state index in [0.29, 0.717) is 23.9 Å². The molecular weight excluding hydrogens is 1130 g/mol. The Bertz CT molecular complexity index is 2220. The van der Waals surface area contributed by atoms with Crippen molar-refractivity contribution in [3.05, 3.63) is 194 Å². The summed E-state index contributed by atoms with van der Waals surface area (Å²) < 4.78 is 34.2. The minimum Gasteiger partial charge on any atom is -0.756 e. The smallest absolute Gasteiger partial charge is 0.306 e. The van der Waals surface area contributed by atoms with Crippen LogP contribution in [0.2, 0.25) is 0 Å². The maximum absolute atomic E-state index is 12.9. The third-order valence-electron chi connectivity index (χ3n) is 14.1. The lowest BCUT2D eigenvalue weighted by molar-refractivity contribution is -0.870. The maximum atomic E-state index is 12.9. The number of hydrogen-bond acceptors (Lipinski definition) is 8. The lowest BCUT2D eigenvalue weighted by Gasteiger charge is -2.28. The van der Waals surface area contributed by atoms with E-state index >= 15 is 0 Å². The Morgan fingerprint density at radius 1 is 0.344 bits per heavy atom. The zero-order valence-electron chi connectivity index (χ0n) is 57.5. The molecule has 0 fully saturated rings. The molecule has 0 aliphatic carbocycles. The van der Waals surface area contributed by atoms with Gasteiger partial charge < -0.3 is 27.9 Å². The van der Waals surface area contributed by atoms with Gasteiger partial charge in [0, 0.05) is 12.8 Å². The molecule has 0 N–H and O–H groups in total. The first-order chi connectivity index (χ1) is 44.0. The number of quaternary nitrogens is 1. The highest BCUT2D eigenvalue weighted by Crippen LogP contribution is 2.38. The van der Waals surface area contributed by atoms with Crippen LogP contribution in [0.3, 0.4) is 0 Å². The van der Waals surface area contributed by atoms with Crippen LogP contribution in [0.15, 0.2) is 194 Å². The Morgan fingerprint density at radius 2 is 0.600 bits per heavy atom.